The Morgan fingerprint density at radius 2 is 1.78 bits per heavy atom. The van der Waals surface area contributed by atoms with Gasteiger partial charge in [0.05, 0.1) is 24.1 Å². The van der Waals surface area contributed by atoms with Gasteiger partial charge in [-0.1, -0.05) is 47.8 Å². The van der Waals surface area contributed by atoms with Crippen molar-refractivity contribution in [3.05, 3.63) is 57.0 Å². The van der Waals surface area contributed by atoms with Gasteiger partial charge in [-0.15, -0.1) is 0 Å². The van der Waals surface area contributed by atoms with Crippen molar-refractivity contribution in [2.45, 2.75) is 45.7 Å². The number of hydrogen-bond donors (Lipinski definition) is 1. The fraction of sp³-hybridized carbons (Fsp3) is 0.440. The molecule has 0 radical (unpaired) electrons. The van der Waals surface area contributed by atoms with Crippen LogP contribution >= 0.6 is 34.8 Å². The van der Waals surface area contributed by atoms with Crippen molar-refractivity contribution < 1.29 is 22.7 Å². The van der Waals surface area contributed by atoms with Gasteiger partial charge in [0.15, 0.2) is 0 Å². The highest BCUT2D eigenvalue weighted by atomic mass is 35.5. The number of nitrogens with zero attached hydrogens (tertiary/aromatic N) is 2. The van der Waals surface area contributed by atoms with Crippen molar-refractivity contribution in [1.29, 1.82) is 0 Å². The molecule has 0 saturated heterocycles. The molecule has 0 aliphatic rings. The van der Waals surface area contributed by atoms with Crippen LogP contribution in [0.2, 0.25) is 15.1 Å². The molecule has 0 aliphatic heterocycles. The number of ether oxygens (including phenoxy) is 1. The molecule has 0 unspecified atom stereocenters. The molecule has 0 saturated carbocycles. The zero-order valence-electron chi connectivity index (χ0n) is 21.3. The summed E-state index contributed by atoms with van der Waals surface area (Å²) in [6, 6.07) is 8.85. The second-order valence-corrected chi connectivity index (χ2v) is 11.6. The van der Waals surface area contributed by atoms with Gasteiger partial charge in [0.25, 0.3) is 0 Å². The maximum Gasteiger partial charge on any atom is 0.242 e. The summed E-state index contributed by atoms with van der Waals surface area (Å²) in [6.07, 6.45) is 2.06. The first-order valence-corrected chi connectivity index (χ1v) is 14.7. The lowest BCUT2D eigenvalue weighted by Crippen LogP contribution is -2.48. The SMILES string of the molecule is CCCNC(=O)[C@@H](C)N(Cc1ccc(Cl)cc1Cl)C(=O)CCCN(c1ccc(OC)c(Cl)c1)S(C)(=O)=O. The van der Waals surface area contributed by atoms with Gasteiger partial charge in [-0.25, -0.2) is 8.42 Å². The molecule has 1 atom stereocenters. The van der Waals surface area contributed by atoms with Gasteiger partial charge in [-0.2, -0.15) is 0 Å². The number of amides is 2. The topological polar surface area (TPSA) is 96.0 Å². The molecule has 0 bridgehead atoms. The lowest BCUT2D eigenvalue weighted by Gasteiger charge is -2.30. The molecule has 2 amide bonds. The monoisotopic (exact) mass is 591 g/mol. The number of halogens is 3. The van der Waals surface area contributed by atoms with Crippen molar-refractivity contribution in [1.82, 2.24) is 10.2 Å². The van der Waals surface area contributed by atoms with E-state index in [0.717, 1.165) is 12.7 Å². The van der Waals surface area contributed by atoms with Gasteiger partial charge in [0.2, 0.25) is 21.8 Å². The molecular formula is C25H32Cl3N3O5S. The first-order chi connectivity index (χ1) is 17.4. The Kier molecular flexibility index (Phi) is 11.8. The van der Waals surface area contributed by atoms with Crippen molar-refractivity contribution in [2.75, 3.05) is 30.8 Å². The van der Waals surface area contributed by atoms with Crippen molar-refractivity contribution in [3.63, 3.8) is 0 Å². The van der Waals surface area contributed by atoms with Crippen LogP contribution in [0.3, 0.4) is 0 Å². The highest BCUT2D eigenvalue weighted by molar-refractivity contribution is 7.92. The zero-order valence-corrected chi connectivity index (χ0v) is 24.3. The third kappa shape index (κ3) is 8.95. The molecular weight excluding hydrogens is 561 g/mol. The average Bonchev–Trinajstić information content (AvgIpc) is 2.83. The van der Waals surface area contributed by atoms with E-state index in [1.165, 1.54) is 22.4 Å². The first kappa shape index (κ1) is 31.0. The summed E-state index contributed by atoms with van der Waals surface area (Å²) < 4.78 is 31.3. The van der Waals surface area contributed by atoms with Crippen LogP contribution < -0.4 is 14.4 Å². The molecule has 1 N–H and O–H groups in total. The number of carbonyl (C=O) groups excluding carboxylic acids is 2. The number of sulfonamides is 1. The van der Waals surface area contributed by atoms with Gasteiger partial charge < -0.3 is 15.0 Å². The van der Waals surface area contributed by atoms with E-state index in [4.69, 9.17) is 39.5 Å². The molecule has 37 heavy (non-hydrogen) atoms. The molecule has 2 aromatic carbocycles. The van der Waals surface area contributed by atoms with Crippen molar-refractivity contribution in [2.24, 2.45) is 0 Å². The maximum atomic E-state index is 13.3. The molecule has 0 fully saturated rings. The van der Waals surface area contributed by atoms with Crippen LogP contribution in [0, 0.1) is 0 Å². The molecule has 0 spiro atoms. The third-order valence-electron chi connectivity index (χ3n) is 5.65. The Labute approximate surface area is 233 Å². The normalized spacial score (nSPS) is 12.1. The summed E-state index contributed by atoms with van der Waals surface area (Å²) >= 11 is 18.5. The second kappa shape index (κ2) is 14.1. The number of anilines is 1. The number of carbonyl (C=O) groups is 2. The summed E-state index contributed by atoms with van der Waals surface area (Å²) in [5, 5.41) is 3.92. The largest absolute Gasteiger partial charge is 0.495 e. The van der Waals surface area contributed by atoms with Gasteiger partial charge in [-0.3, -0.25) is 13.9 Å². The quantitative estimate of drug-likeness (QED) is 0.347. The molecule has 0 aromatic heterocycles. The van der Waals surface area contributed by atoms with Crippen LogP contribution in [0.5, 0.6) is 5.75 Å². The molecule has 2 rings (SSSR count). The number of methoxy groups -OCH3 is 1. The van der Waals surface area contributed by atoms with E-state index in [1.54, 1.807) is 37.3 Å². The van der Waals surface area contributed by atoms with Gasteiger partial charge >= 0.3 is 0 Å². The van der Waals surface area contributed by atoms with E-state index >= 15 is 0 Å². The van der Waals surface area contributed by atoms with E-state index in [-0.39, 0.29) is 42.8 Å². The highest BCUT2D eigenvalue weighted by Gasteiger charge is 2.27. The lowest BCUT2D eigenvalue weighted by molar-refractivity contribution is -0.140. The van der Waals surface area contributed by atoms with Crippen LogP contribution in [0.25, 0.3) is 0 Å². The van der Waals surface area contributed by atoms with Crippen LogP contribution in [-0.4, -0.2) is 57.6 Å². The Morgan fingerprint density at radius 1 is 1.08 bits per heavy atom. The summed E-state index contributed by atoms with van der Waals surface area (Å²) in [6.45, 7) is 4.21. The fourth-order valence-corrected chi connectivity index (χ4v) is 5.30. The molecule has 2 aromatic rings. The van der Waals surface area contributed by atoms with Crippen molar-refractivity contribution in [3.8, 4) is 5.75 Å². The molecule has 12 heteroatoms. The second-order valence-electron chi connectivity index (χ2n) is 8.48. The van der Waals surface area contributed by atoms with Gasteiger partial charge in [0, 0.05) is 36.1 Å². The van der Waals surface area contributed by atoms with E-state index in [9.17, 15) is 18.0 Å². The molecule has 0 heterocycles. The number of hydrogen-bond acceptors (Lipinski definition) is 5. The maximum absolute atomic E-state index is 13.3. The third-order valence-corrected chi connectivity index (χ3v) is 7.72. The van der Waals surface area contributed by atoms with Crippen molar-refractivity contribution >= 4 is 62.3 Å². The fourth-order valence-electron chi connectivity index (χ4n) is 3.63. The zero-order chi connectivity index (χ0) is 27.8. The lowest BCUT2D eigenvalue weighted by atomic mass is 10.1. The van der Waals surface area contributed by atoms with Gasteiger partial charge in [-0.05, 0) is 55.7 Å². The summed E-state index contributed by atoms with van der Waals surface area (Å²) in [4.78, 5) is 27.5. The minimum absolute atomic E-state index is 0.00646. The molecule has 8 nitrogen and oxygen atoms in total. The van der Waals surface area contributed by atoms with Crippen LogP contribution in [-0.2, 0) is 26.2 Å². The molecule has 0 aliphatic carbocycles. The smallest absolute Gasteiger partial charge is 0.242 e. The predicted octanol–water partition coefficient (Wildman–Crippen LogP) is 5.15. The van der Waals surface area contributed by atoms with Crippen LogP contribution in [0.1, 0.15) is 38.7 Å². The minimum atomic E-state index is -3.66. The van der Waals surface area contributed by atoms with E-state index < -0.39 is 16.1 Å². The standard InChI is InChI=1S/C25H32Cl3N3O5S/c1-5-12-29-25(33)17(2)30(16-18-8-9-19(26)14-21(18)27)24(32)7-6-13-31(37(4,34)35)20-10-11-23(36-3)22(28)15-20/h8-11,14-15,17H,5-7,12-13,16H2,1-4H3,(H,29,33)/t17-/m1/s1. The van der Waals surface area contributed by atoms with E-state index in [2.05, 4.69) is 5.32 Å². The summed E-state index contributed by atoms with van der Waals surface area (Å²) in [5.41, 5.74) is 0.998. The average molecular weight is 593 g/mol. The minimum Gasteiger partial charge on any atom is -0.495 e. The highest BCUT2D eigenvalue weighted by Crippen LogP contribution is 2.30. The Bertz CT molecular complexity index is 1210. The Balaban J connectivity index is 2.21. The van der Waals surface area contributed by atoms with E-state index in [1.807, 2.05) is 6.92 Å². The Morgan fingerprint density at radius 3 is 2.35 bits per heavy atom. The predicted molar refractivity (Wildman–Crippen MR) is 149 cm³/mol. The number of rotatable bonds is 13. The van der Waals surface area contributed by atoms with Gasteiger partial charge in [0.1, 0.15) is 11.8 Å². The number of nitrogens with one attached hydrogen (secondary N) is 1. The number of benzene rings is 2. The van der Waals surface area contributed by atoms with Crippen LogP contribution in [0.4, 0.5) is 5.69 Å². The molecule has 204 valence electrons. The Hall–Kier alpha value is -2.20. The summed E-state index contributed by atoms with van der Waals surface area (Å²) in [7, 11) is -2.19. The van der Waals surface area contributed by atoms with E-state index in [0.29, 0.717) is 33.6 Å². The summed E-state index contributed by atoms with van der Waals surface area (Å²) in [5.74, 6) is -0.182. The van der Waals surface area contributed by atoms with Crippen LogP contribution in [0.15, 0.2) is 36.4 Å². The first-order valence-electron chi connectivity index (χ1n) is 11.7.